The number of benzene rings is 1. The molecule has 1 aliphatic carbocycles. The van der Waals surface area contributed by atoms with E-state index in [4.69, 9.17) is 9.15 Å². The predicted molar refractivity (Wildman–Crippen MR) is 79.3 cm³/mol. The van der Waals surface area contributed by atoms with Crippen LogP contribution >= 0.6 is 0 Å². The first-order chi connectivity index (χ1) is 10.1. The fourth-order valence-corrected chi connectivity index (χ4v) is 2.53. The maximum absolute atomic E-state index is 12.0. The van der Waals surface area contributed by atoms with E-state index in [-0.39, 0.29) is 5.76 Å². The summed E-state index contributed by atoms with van der Waals surface area (Å²) in [4.78, 5) is 16.6. The molecule has 0 aliphatic heterocycles. The molecule has 1 saturated carbocycles. The van der Waals surface area contributed by atoms with Gasteiger partial charge in [-0.2, -0.15) is 0 Å². The van der Waals surface area contributed by atoms with Crippen LogP contribution in [0.5, 0.6) is 0 Å². The SMILES string of the molecule is CCOC(=O)c1oc(-c2cc(C)cc(C)c2)nc1C1CC1. The predicted octanol–water partition coefficient (Wildman–Crippen LogP) is 4.01. The van der Waals surface area contributed by atoms with Crippen molar-refractivity contribution in [2.45, 2.75) is 39.5 Å². The molecular formula is C17H19NO3. The zero-order chi connectivity index (χ0) is 15.0. The van der Waals surface area contributed by atoms with Gasteiger partial charge >= 0.3 is 5.97 Å². The Kier molecular flexibility index (Phi) is 3.53. The highest BCUT2D eigenvalue weighted by Gasteiger charge is 2.34. The Morgan fingerprint density at radius 3 is 2.52 bits per heavy atom. The van der Waals surface area contributed by atoms with E-state index in [1.54, 1.807) is 6.92 Å². The standard InChI is InChI=1S/C17H19NO3/c1-4-20-17(19)15-14(12-5-6-12)18-16(21-15)13-8-10(2)7-11(3)9-13/h7-9,12H,4-6H2,1-3H3. The number of hydrogen-bond acceptors (Lipinski definition) is 4. The van der Waals surface area contributed by atoms with Crippen molar-refractivity contribution in [1.82, 2.24) is 4.98 Å². The molecule has 1 aromatic heterocycles. The molecule has 4 nitrogen and oxygen atoms in total. The van der Waals surface area contributed by atoms with Gasteiger partial charge in [0.2, 0.25) is 11.7 Å². The van der Waals surface area contributed by atoms with Crippen molar-refractivity contribution >= 4 is 5.97 Å². The van der Waals surface area contributed by atoms with Crippen LogP contribution in [0.25, 0.3) is 11.5 Å². The molecule has 0 spiro atoms. The van der Waals surface area contributed by atoms with Gasteiger partial charge in [0.05, 0.1) is 12.3 Å². The molecule has 0 bridgehead atoms. The summed E-state index contributed by atoms with van der Waals surface area (Å²) in [6.07, 6.45) is 2.12. The van der Waals surface area contributed by atoms with Crippen LogP contribution in [-0.4, -0.2) is 17.6 Å². The molecule has 1 aliphatic rings. The second kappa shape index (κ2) is 5.35. The number of hydrogen-bond donors (Lipinski definition) is 0. The lowest BCUT2D eigenvalue weighted by atomic mass is 10.1. The molecule has 3 rings (SSSR count). The Hall–Kier alpha value is -2.10. The lowest BCUT2D eigenvalue weighted by Gasteiger charge is -2.01. The van der Waals surface area contributed by atoms with Crippen molar-refractivity contribution in [3.63, 3.8) is 0 Å². The Morgan fingerprint density at radius 1 is 1.29 bits per heavy atom. The van der Waals surface area contributed by atoms with E-state index >= 15 is 0 Å². The molecule has 0 unspecified atom stereocenters. The van der Waals surface area contributed by atoms with Gasteiger partial charge in [-0.1, -0.05) is 17.2 Å². The van der Waals surface area contributed by atoms with E-state index in [1.807, 2.05) is 26.0 Å². The maximum atomic E-state index is 12.0. The summed E-state index contributed by atoms with van der Waals surface area (Å²) >= 11 is 0. The molecule has 21 heavy (non-hydrogen) atoms. The summed E-state index contributed by atoms with van der Waals surface area (Å²) in [5.74, 6) is 0.704. The minimum atomic E-state index is -0.414. The topological polar surface area (TPSA) is 52.3 Å². The van der Waals surface area contributed by atoms with Crippen molar-refractivity contribution in [2.75, 3.05) is 6.61 Å². The Morgan fingerprint density at radius 2 is 1.95 bits per heavy atom. The number of aryl methyl sites for hydroxylation is 2. The molecule has 110 valence electrons. The number of ether oxygens (including phenoxy) is 1. The van der Waals surface area contributed by atoms with E-state index in [0.29, 0.717) is 18.4 Å². The number of carbonyl (C=O) groups is 1. The number of carbonyl (C=O) groups excluding carboxylic acids is 1. The van der Waals surface area contributed by atoms with Crippen LogP contribution < -0.4 is 0 Å². The first kappa shape index (κ1) is 13.9. The van der Waals surface area contributed by atoms with Gasteiger partial charge in [0, 0.05) is 11.5 Å². The van der Waals surface area contributed by atoms with Crippen LogP contribution in [0, 0.1) is 13.8 Å². The fourth-order valence-electron chi connectivity index (χ4n) is 2.53. The van der Waals surface area contributed by atoms with Gasteiger partial charge in [-0.05, 0) is 45.7 Å². The van der Waals surface area contributed by atoms with Crippen molar-refractivity contribution in [3.8, 4) is 11.5 Å². The minimum absolute atomic E-state index is 0.272. The summed E-state index contributed by atoms with van der Waals surface area (Å²) in [6, 6.07) is 6.13. The molecular weight excluding hydrogens is 266 g/mol. The van der Waals surface area contributed by atoms with Gasteiger partial charge < -0.3 is 9.15 Å². The van der Waals surface area contributed by atoms with E-state index in [2.05, 4.69) is 11.1 Å². The van der Waals surface area contributed by atoms with Crippen LogP contribution in [0.4, 0.5) is 0 Å². The fraction of sp³-hybridized carbons (Fsp3) is 0.412. The third-order valence-electron chi connectivity index (χ3n) is 3.55. The van der Waals surface area contributed by atoms with E-state index in [0.717, 1.165) is 35.2 Å². The van der Waals surface area contributed by atoms with Gasteiger partial charge in [-0.15, -0.1) is 0 Å². The molecule has 0 saturated heterocycles. The monoisotopic (exact) mass is 285 g/mol. The largest absolute Gasteiger partial charge is 0.460 e. The molecule has 0 amide bonds. The van der Waals surface area contributed by atoms with Crippen molar-refractivity contribution < 1.29 is 13.9 Å². The lowest BCUT2D eigenvalue weighted by Crippen LogP contribution is -2.05. The number of esters is 1. The Balaban J connectivity index is 2.03. The van der Waals surface area contributed by atoms with E-state index < -0.39 is 5.97 Å². The van der Waals surface area contributed by atoms with Crippen LogP contribution in [0.2, 0.25) is 0 Å². The van der Waals surface area contributed by atoms with E-state index in [1.165, 1.54) is 0 Å². The third-order valence-corrected chi connectivity index (χ3v) is 3.55. The first-order valence-electron chi connectivity index (χ1n) is 7.35. The minimum Gasteiger partial charge on any atom is -0.460 e. The van der Waals surface area contributed by atoms with Gasteiger partial charge in [-0.25, -0.2) is 9.78 Å². The number of aromatic nitrogens is 1. The molecule has 1 aromatic carbocycles. The van der Waals surface area contributed by atoms with Gasteiger partial charge in [-0.3, -0.25) is 0 Å². The van der Waals surface area contributed by atoms with Crippen molar-refractivity contribution in [1.29, 1.82) is 0 Å². The maximum Gasteiger partial charge on any atom is 0.376 e. The first-order valence-corrected chi connectivity index (χ1v) is 7.35. The average molecular weight is 285 g/mol. The van der Waals surface area contributed by atoms with Crippen LogP contribution in [0.3, 0.4) is 0 Å². The third kappa shape index (κ3) is 2.84. The second-order valence-corrected chi connectivity index (χ2v) is 5.60. The summed E-state index contributed by atoms with van der Waals surface area (Å²) in [5.41, 5.74) is 3.95. The van der Waals surface area contributed by atoms with Crippen LogP contribution in [0.15, 0.2) is 22.6 Å². The molecule has 1 fully saturated rings. The van der Waals surface area contributed by atoms with Gasteiger partial charge in [0.1, 0.15) is 0 Å². The van der Waals surface area contributed by atoms with Crippen LogP contribution in [-0.2, 0) is 4.74 Å². The summed E-state index contributed by atoms with van der Waals surface area (Å²) in [6.45, 7) is 6.19. The smallest absolute Gasteiger partial charge is 0.376 e. The molecule has 1 heterocycles. The number of nitrogens with zero attached hydrogens (tertiary/aromatic N) is 1. The Bertz CT molecular complexity index is 663. The molecule has 4 heteroatoms. The van der Waals surface area contributed by atoms with Crippen molar-refractivity contribution in [3.05, 3.63) is 40.8 Å². The zero-order valence-electron chi connectivity index (χ0n) is 12.6. The average Bonchev–Trinajstić information content (AvgIpc) is 3.16. The summed E-state index contributed by atoms with van der Waals surface area (Å²) < 4.78 is 10.8. The van der Waals surface area contributed by atoms with Crippen LogP contribution in [0.1, 0.15) is 53.1 Å². The Labute approximate surface area is 124 Å². The summed E-state index contributed by atoms with van der Waals surface area (Å²) in [7, 11) is 0. The quantitative estimate of drug-likeness (QED) is 0.796. The number of rotatable bonds is 4. The zero-order valence-corrected chi connectivity index (χ0v) is 12.6. The lowest BCUT2D eigenvalue weighted by molar-refractivity contribution is 0.0489. The van der Waals surface area contributed by atoms with E-state index in [9.17, 15) is 4.79 Å². The highest BCUT2D eigenvalue weighted by molar-refractivity contribution is 5.88. The molecule has 0 N–H and O–H groups in total. The number of oxazole rings is 1. The van der Waals surface area contributed by atoms with Gasteiger partial charge in [0.25, 0.3) is 0 Å². The van der Waals surface area contributed by atoms with Crippen molar-refractivity contribution in [2.24, 2.45) is 0 Å². The highest BCUT2D eigenvalue weighted by Crippen LogP contribution is 2.42. The van der Waals surface area contributed by atoms with Gasteiger partial charge in [0.15, 0.2) is 0 Å². The molecule has 0 radical (unpaired) electrons. The normalized spacial score (nSPS) is 14.2. The molecule has 0 atom stereocenters. The second-order valence-electron chi connectivity index (χ2n) is 5.60. The summed E-state index contributed by atoms with van der Waals surface area (Å²) in [5, 5.41) is 0. The highest BCUT2D eigenvalue weighted by atomic mass is 16.5. The molecule has 2 aromatic rings.